The molecule has 1 fully saturated rings. The van der Waals surface area contributed by atoms with Gasteiger partial charge in [-0.15, -0.1) is 0 Å². The van der Waals surface area contributed by atoms with Gasteiger partial charge in [0.2, 0.25) is 17.7 Å². The summed E-state index contributed by atoms with van der Waals surface area (Å²) in [6.45, 7) is 1.69. The summed E-state index contributed by atoms with van der Waals surface area (Å²) in [6, 6.07) is 5.40. The van der Waals surface area contributed by atoms with Gasteiger partial charge in [-0.2, -0.15) is 0 Å². The number of rotatable bonds is 3. The fourth-order valence-electron chi connectivity index (χ4n) is 1.87. The number of aryl methyl sites for hydroxylation is 1. The molecule has 0 saturated carbocycles. The number of carbonyl (C=O) groups excluding carboxylic acids is 3. The number of halogens is 1. The standard InChI is InChI=1S/C13H13BrN2O3/c1-8-6-9(2-3-10(8)14)15-11(17)7-16-12(18)4-5-13(16)19/h2-3,6H,4-5,7H2,1H3,(H,15,17). The highest BCUT2D eigenvalue weighted by Gasteiger charge is 2.30. The molecular weight excluding hydrogens is 312 g/mol. The van der Waals surface area contributed by atoms with E-state index in [-0.39, 0.29) is 37.1 Å². The number of amides is 3. The minimum absolute atomic E-state index is 0.198. The van der Waals surface area contributed by atoms with Crippen LogP contribution in [0.1, 0.15) is 18.4 Å². The van der Waals surface area contributed by atoms with E-state index in [1.165, 1.54) is 0 Å². The van der Waals surface area contributed by atoms with Crippen LogP contribution < -0.4 is 5.32 Å². The molecule has 1 aliphatic rings. The average Bonchev–Trinajstić information content (AvgIpc) is 2.66. The Kier molecular flexibility index (Phi) is 3.99. The van der Waals surface area contributed by atoms with Crippen molar-refractivity contribution in [3.05, 3.63) is 28.2 Å². The largest absolute Gasteiger partial charge is 0.325 e. The van der Waals surface area contributed by atoms with Gasteiger partial charge in [-0.3, -0.25) is 19.3 Å². The van der Waals surface area contributed by atoms with Gasteiger partial charge < -0.3 is 5.32 Å². The summed E-state index contributed by atoms with van der Waals surface area (Å²) in [4.78, 5) is 35.6. The fraction of sp³-hybridized carbons (Fsp3) is 0.308. The predicted octanol–water partition coefficient (Wildman–Crippen LogP) is 1.85. The molecule has 5 nitrogen and oxygen atoms in total. The third-order valence-corrected chi connectivity index (χ3v) is 3.79. The zero-order chi connectivity index (χ0) is 14.0. The van der Waals surface area contributed by atoms with E-state index in [1.807, 2.05) is 19.1 Å². The molecule has 1 aromatic rings. The van der Waals surface area contributed by atoms with Crippen molar-refractivity contribution in [1.29, 1.82) is 0 Å². The molecule has 0 radical (unpaired) electrons. The van der Waals surface area contributed by atoms with Crippen LogP contribution in [-0.2, 0) is 14.4 Å². The highest BCUT2D eigenvalue weighted by atomic mass is 79.9. The first-order valence-corrected chi connectivity index (χ1v) is 6.66. The molecule has 0 unspecified atom stereocenters. The van der Waals surface area contributed by atoms with E-state index >= 15 is 0 Å². The Labute approximate surface area is 119 Å². The van der Waals surface area contributed by atoms with E-state index in [0.717, 1.165) is 14.9 Å². The van der Waals surface area contributed by atoms with E-state index in [4.69, 9.17) is 0 Å². The second-order valence-electron chi connectivity index (χ2n) is 4.39. The first kappa shape index (κ1) is 13.7. The van der Waals surface area contributed by atoms with Gasteiger partial charge in [-0.05, 0) is 30.7 Å². The van der Waals surface area contributed by atoms with Crippen molar-refractivity contribution < 1.29 is 14.4 Å². The Hall–Kier alpha value is -1.69. The summed E-state index contributed by atoms with van der Waals surface area (Å²) in [5, 5.41) is 2.67. The Balaban J connectivity index is 1.99. The Morgan fingerprint density at radius 3 is 2.53 bits per heavy atom. The summed E-state index contributed by atoms with van der Waals surface area (Å²) in [6.07, 6.45) is 0.396. The number of hydrogen-bond acceptors (Lipinski definition) is 3. The second kappa shape index (κ2) is 5.52. The molecule has 0 atom stereocenters. The van der Waals surface area contributed by atoms with E-state index in [0.29, 0.717) is 5.69 Å². The molecule has 1 aliphatic heterocycles. The van der Waals surface area contributed by atoms with Crippen molar-refractivity contribution in [3.8, 4) is 0 Å². The Bertz CT molecular complexity index is 541. The van der Waals surface area contributed by atoms with Crippen LogP contribution in [0.15, 0.2) is 22.7 Å². The van der Waals surface area contributed by atoms with Crippen molar-refractivity contribution >= 4 is 39.3 Å². The van der Waals surface area contributed by atoms with E-state index in [2.05, 4.69) is 21.2 Å². The van der Waals surface area contributed by atoms with Crippen molar-refractivity contribution in [3.63, 3.8) is 0 Å². The molecule has 0 bridgehead atoms. The molecule has 0 spiro atoms. The summed E-state index contributed by atoms with van der Waals surface area (Å²) >= 11 is 3.37. The van der Waals surface area contributed by atoms with E-state index < -0.39 is 0 Å². The van der Waals surface area contributed by atoms with Gasteiger partial charge in [0.25, 0.3) is 0 Å². The van der Waals surface area contributed by atoms with Gasteiger partial charge in [0.1, 0.15) is 6.54 Å². The minimum Gasteiger partial charge on any atom is -0.325 e. The second-order valence-corrected chi connectivity index (χ2v) is 5.24. The maximum Gasteiger partial charge on any atom is 0.244 e. The smallest absolute Gasteiger partial charge is 0.244 e. The van der Waals surface area contributed by atoms with Crippen molar-refractivity contribution in [2.24, 2.45) is 0 Å². The number of hydrogen-bond donors (Lipinski definition) is 1. The molecule has 6 heteroatoms. The van der Waals surface area contributed by atoms with Crippen LogP contribution in [0, 0.1) is 6.92 Å². The fourth-order valence-corrected chi connectivity index (χ4v) is 2.11. The highest BCUT2D eigenvalue weighted by molar-refractivity contribution is 9.10. The summed E-state index contributed by atoms with van der Waals surface area (Å²) in [7, 11) is 0. The molecule has 1 aromatic carbocycles. The normalized spacial score (nSPS) is 14.9. The van der Waals surface area contributed by atoms with Crippen molar-refractivity contribution in [2.45, 2.75) is 19.8 Å². The molecule has 1 N–H and O–H groups in total. The molecule has 1 saturated heterocycles. The first-order valence-electron chi connectivity index (χ1n) is 5.86. The van der Waals surface area contributed by atoms with E-state index in [1.54, 1.807) is 6.07 Å². The summed E-state index contributed by atoms with van der Waals surface area (Å²) in [5.41, 5.74) is 1.64. The lowest BCUT2D eigenvalue weighted by atomic mass is 10.2. The van der Waals surface area contributed by atoms with Crippen LogP contribution in [0.3, 0.4) is 0 Å². The summed E-state index contributed by atoms with van der Waals surface area (Å²) in [5.74, 6) is -0.940. The van der Waals surface area contributed by atoms with E-state index in [9.17, 15) is 14.4 Å². The zero-order valence-electron chi connectivity index (χ0n) is 10.4. The van der Waals surface area contributed by atoms with Crippen LogP contribution in [0.2, 0.25) is 0 Å². The van der Waals surface area contributed by atoms with Gasteiger partial charge in [0, 0.05) is 23.0 Å². The molecular formula is C13H13BrN2O3. The van der Waals surface area contributed by atoms with Crippen LogP contribution in [0.25, 0.3) is 0 Å². The molecule has 100 valence electrons. The number of imide groups is 1. The predicted molar refractivity (Wildman–Crippen MR) is 73.5 cm³/mol. The number of benzene rings is 1. The third kappa shape index (κ3) is 3.20. The SMILES string of the molecule is Cc1cc(NC(=O)CN2C(=O)CCC2=O)ccc1Br. The average molecular weight is 325 g/mol. The molecule has 19 heavy (non-hydrogen) atoms. The third-order valence-electron chi connectivity index (χ3n) is 2.90. The maximum atomic E-state index is 11.8. The lowest BCUT2D eigenvalue weighted by Gasteiger charge is -2.13. The molecule has 0 aromatic heterocycles. The number of anilines is 1. The van der Waals surface area contributed by atoms with Crippen LogP contribution in [0.4, 0.5) is 5.69 Å². The first-order chi connectivity index (χ1) is 8.97. The number of likely N-dealkylation sites (tertiary alicyclic amines) is 1. The van der Waals surface area contributed by atoms with Crippen molar-refractivity contribution in [2.75, 3.05) is 11.9 Å². The lowest BCUT2D eigenvalue weighted by molar-refractivity contribution is -0.141. The molecule has 3 amide bonds. The monoisotopic (exact) mass is 324 g/mol. The Morgan fingerprint density at radius 1 is 1.32 bits per heavy atom. The van der Waals surface area contributed by atoms with Gasteiger partial charge in [0.05, 0.1) is 0 Å². The molecule has 2 rings (SSSR count). The Morgan fingerprint density at radius 2 is 1.95 bits per heavy atom. The van der Waals surface area contributed by atoms with Gasteiger partial charge in [-0.25, -0.2) is 0 Å². The number of carbonyl (C=O) groups is 3. The van der Waals surface area contributed by atoms with Crippen LogP contribution in [-0.4, -0.2) is 29.2 Å². The molecule has 0 aliphatic carbocycles. The van der Waals surface area contributed by atoms with Crippen LogP contribution >= 0.6 is 15.9 Å². The van der Waals surface area contributed by atoms with Gasteiger partial charge >= 0.3 is 0 Å². The zero-order valence-corrected chi connectivity index (χ0v) is 12.0. The lowest BCUT2D eigenvalue weighted by Crippen LogP contribution is -2.36. The minimum atomic E-state index is -0.370. The van der Waals surface area contributed by atoms with Crippen molar-refractivity contribution in [1.82, 2.24) is 4.90 Å². The quantitative estimate of drug-likeness (QED) is 0.863. The number of nitrogens with zero attached hydrogens (tertiary/aromatic N) is 1. The molecule has 1 heterocycles. The summed E-state index contributed by atoms with van der Waals surface area (Å²) < 4.78 is 0.954. The highest BCUT2D eigenvalue weighted by Crippen LogP contribution is 2.20. The van der Waals surface area contributed by atoms with Gasteiger partial charge in [0.15, 0.2) is 0 Å². The topological polar surface area (TPSA) is 66.5 Å². The van der Waals surface area contributed by atoms with Gasteiger partial charge in [-0.1, -0.05) is 15.9 Å². The van der Waals surface area contributed by atoms with Crippen LogP contribution in [0.5, 0.6) is 0 Å². The number of nitrogens with one attached hydrogen (secondary N) is 1. The maximum absolute atomic E-state index is 11.8.